The van der Waals surface area contributed by atoms with Crippen molar-refractivity contribution in [2.45, 2.75) is 19.0 Å². The van der Waals surface area contributed by atoms with E-state index in [0.717, 1.165) is 10.8 Å². The van der Waals surface area contributed by atoms with Crippen molar-refractivity contribution >= 4 is 28.3 Å². The lowest BCUT2D eigenvalue weighted by Crippen LogP contribution is -2.19. The maximum atomic E-state index is 12.4. The van der Waals surface area contributed by atoms with Crippen molar-refractivity contribution in [3.63, 3.8) is 0 Å². The Morgan fingerprint density at radius 3 is 2.70 bits per heavy atom. The van der Waals surface area contributed by atoms with Crippen molar-refractivity contribution in [2.75, 3.05) is 6.61 Å². The number of halogens is 4. The average molecular weight is 478 g/mol. The number of hydrogen-bond donors (Lipinski definition) is 1. The molecule has 0 radical (unpaired) electrons. The predicted octanol–water partition coefficient (Wildman–Crippen LogP) is 5.56. The molecule has 0 aliphatic heterocycles. The van der Waals surface area contributed by atoms with Gasteiger partial charge >= 0.3 is 12.1 Å². The third-order valence-electron chi connectivity index (χ3n) is 4.70. The Labute approximate surface area is 189 Å². The molecule has 2 aromatic carbocycles. The number of aliphatic carboxylic acids is 1. The highest BCUT2D eigenvalue weighted by Crippen LogP contribution is 2.33. The van der Waals surface area contributed by atoms with Crippen LogP contribution in [-0.2, 0) is 11.2 Å². The lowest BCUT2D eigenvalue weighted by Gasteiger charge is -2.10. The summed E-state index contributed by atoms with van der Waals surface area (Å²) in [4.78, 5) is 19.6. The monoisotopic (exact) mass is 477 g/mol. The van der Waals surface area contributed by atoms with Crippen LogP contribution in [0.25, 0.3) is 33.6 Å². The first-order chi connectivity index (χ1) is 15.7. The largest absolute Gasteiger partial charge is 0.483 e. The van der Waals surface area contributed by atoms with Crippen molar-refractivity contribution in [1.29, 1.82) is 0 Å². The van der Waals surface area contributed by atoms with Crippen LogP contribution in [0.15, 0.2) is 53.2 Å². The minimum absolute atomic E-state index is 0.0317. The summed E-state index contributed by atoms with van der Waals surface area (Å²) in [6.45, 7) is -1.46. The molecule has 0 aliphatic rings. The molecule has 0 amide bonds. The van der Waals surface area contributed by atoms with Gasteiger partial charge in [0.15, 0.2) is 6.61 Å². The second-order valence-electron chi connectivity index (χ2n) is 7.02. The highest BCUT2D eigenvalue weighted by Gasteiger charge is 2.29. The third kappa shape index (κ3) is 5.23. The van der Waals surface area contributed by atoms with E-state index in [4.69, 9.17) is 26.0 Å². The van der Waals surface area contributed by atoms with Crippen LogP contribution in [0.1, 0.15) is 12.1 Å². The van der Waals surface area contributed by atoms with Crippen molar-refractivity contribution in [2.24, 2.45) is 0 Å². The topological polar surface area (TPSA) is 98.3 Å². The van der Waals surface area contributed by atoms with Crippen LogP contribution in [0.5, 0.6) is 5.75 Å². The second-order valence-corrected chi connectivity index (χ2v) is 7.43. The Hall–Kier alpha value is -3.66. The van der Waals surface area contributed by atoms with Crippen LogP contribution >= 0.6 is 11.6 Å². The summed E-state index contributed by atoms with van der Waals surface area (Å²) in [5, 5.41) is 14.5. The van der Waals surface area contributed by atoms with Gasteiger partial charge in [0, 0.05) is 34.8 Å². The number of pyridine rings is 1. The van der Waals surface area contributed by atoms with Gasteiger partial charge in [-0.25, -0.2) is 0 Å². The van der Waals surface area contributed by atoms with Crippen molar-refractivity contribution < 1.29 is 32.3 Å². The van der Waals surface area contributed by atoms with Gasteiger partial charge in [0.25, 0.3) is 5.89 Å². The molecule has 0 atom stereocenters. The van der Waals surface area contributed by atoms with E-state index in [1.165, 1.54) is 18.2 Å². The molecule has 0 unspecified atom stereocenters. The third-order valence-corrected chi connectivity index (χ3v) is 5.00. The molecule has 0 bridgehead atoms. The molecule has 1 N–H and O–H groups in total. The maximum absolute atomic E-state index is 12.4. The Morgan fingerprint density at radius 1 is 1.15 bits per heavy atom. The van der Waals surface area contributed by atoms with Gasteiger partial charge in [0.05, 0.1) is 11.4 Å². The Kier molecular flexibility index (Phi) is 6.19. The van der Waals surface area contributed by atoms with Crippen molar-refractivity contribution in [3.8, 4) is 28.6 Å². The Bertz CT molecular complexity index is 1320. The minimum Gasteiger partial charge on any atom is -0.483 e. The summed E-state index contributed by atoms with van der Waals surface area (Å²) in [6.07, 6.45) is -2.67. The first-order valence-corrected chi connectivity index (χ1v) is 10.0. The fourth-order valence-corrected chi connectivity index (χ4v) is 3.48. The standard InChI is InChI=1S/C22H15ClF3N3O4/c23-16-10-12(4-6-18(16)32-11-22(24,25)26)21-28-20(29-33-21)15-3-1-2-14-13(15)8-9-27-17(14)5-7-19(30)31/h1-4,6,8-10H,5,7,11H2,(H,30,31). The number of nitrogens with zero attached hydrogens (tertiary/aromatic N) is 3. The molecule has 170 valence electrons. The van der Waals surface area contributed by atoms with Crippen LogP contribution in [0.2, 0.25) is 5.02 Å². The maximum Gasteiger partial charge on any atom is 0.422 e. The number of aryl methyl sites for hydroxylation is 1. The van der Waals surface area contributed by atoms with Gasteiger partial charge in [0.1, 0.15) is 5.75 Å². The number of carboxylic acid groups (broad SMARTS) is 1. The molecule has 0 spiro atoms. The molecule has 11 heteroatoms. The normalized spacial score (nSPS) is 11.6. The van der Waals surface area contributed by atoms with E-state index in [2.05, 4.69) is 15.1 Å². The molecule has 0 fully saturated rings. The van der Waals surface area contributed by atoms with Crippen molar-refractivity contribution in [3.05, 3.63) is 59.4 Å². The zero-order chi connectivity index (χ0) is 23.6. The summed E-state index contributed by atoms with van der Waals surface area (Å²) in [6, 6.07) is 11.3. The van der Waals surface area contributed by atoms with Crippen LogP contribution in [0.3, 0.4) is 0 Å². The molecular formula is C22H15ClF3N3O4. The molecule has 4 rings (SSSR count). The van der Waals surface area contributed by atoms with Gasteiger partial charge in [-0.2, -0.15) is 18.2 Å². The SMILES string of the molecule is O=C(O)CCc1nccc2c(-c3noc(-c4ccc(OCC(F)(F)F)c(Cl)c4)n3)cccc12. The zero-order valence-corrected chi connectivity index (χ0v) is 17.5. The fraction of sp³-hybridized carbons (Fsp3) is 0.182. The number of benzene rings is 2. The van der Waals surface area contributed by atoms with E-state index >= 15 is 0 Å². The molecule has 0 saturated carbocycles. The quantitative estimate of drug-likeness (QED) is 0.372. The molecule has 33 heavy (non-hydrogen) atoms. The van der Waals surface area contributed by atoms with Gasteiger partial charge in [-0.05, 0) is 29.7 Å². The fourth-order valence-electron chi connectivity index (χ4n) is 3.25. The van der Waals surface area contributed by atoms with Crippen LogP contribution in [-0.4, -0.2) is 39.0 Å². The number of fused-ring (bicyclic) bond motifs is 1. The number of ether oxygens (including phenoxy) is 1. The Morgan fingerprint density at radius 2 is 1.97 bits per heavy atom. The average Bonchev–Trinajstić information content (AvgIpc) is 3.25. The zero-order valence-electron chi connectivity index (χ0n) is 16.8. The van der Waals surface area contributed by atoms with Crippen molar-refractivity contribution in [1.82, 2.24) is 15.1 Å². The number of carboxylic acids is 1. The summed E-state index contributed by atoms with van der Waals surface area (Å²) in [7, 11) is 0. The molecule has 0 saturated heterocycles. The molecule has 4 aromatic rings. The van der Waals surface area contributed by atoms with Crippen LogP contribution < -0.4 is 4.74 Å². The van der Waals surface area contributed by atoms with Gasteiger partial charge in [-0.3, -0.25) is 9.78 Å². The molecule has 2 heterocycles. The van der Waals surface area contributed by atoms with Crippen LogP contribution in [0, 0.1) is 0 Å². The van der Waals surface area contributed by atoms with E-state index in [0.29, 0.717) is 16.8 Å². The number of rotatable bonds is 7. The molecule has 2 aromatic heterocycles. The van der Waals surface area contributed by atoms with Gasteiger partial charge in [-0.15, -0.1) is 0 Å². The van der Waals surface area contributed by atoms with Gasteiger partial charge in [-0.1, -0.05) is 35.0 Å². The molecular weight excluding hydrogens is 463 g/mol. The highest BCUT2D eigenvalue weighted by molar-refractivity contribution is 6.32. The number of hydrogen-bond acceptors (Lipinski definition) is 6. The first-order valence-electron chi connectivity index (χ1n) is 9.63. The summed E-state index contributed by atoms with van der Waals surface area (Å²) >= 11 is 6.05. The number of aromatic nitrogens is 3. The van der Waals surface area contributed by atoms with E-state index < -0.39 is 18.8 Å². The summed E-state index contributed by atoms with van der Waals surface area (Å²) in [5.74, 6) is -0.639. The van der Waals surface area contributed by atoms with E-state index in [-0.39, 0.29) is 35.3 Å². The van der Waals surface area contributed by atoms with Gasteiger partial charge in [0.2, 0.25) is 5.82 Å². The number of carbonyl (C=O) groups is 1. The summed E-state index contributed by atoms with van der Waals surface area (Å²) in [5.41, 5.74) is 1.70. The Balaban J connectivity index is 1.63. The van der Waals surface area contributed by atoms with E-state index in [1.807, 2.05) is 6.07 Å². The highest BCUT2D eigenvalue weighted by atomic mass is 35.5. The predicted molar refractivity (Wildman–Crippen MR) is 113 cm³/mol. The van der Waals surface area contributed by atoms with E-state index in [1.54, 1.807) is 24.4 Å². The van der Waals surface area contributed by atoms with E-state index in [9.17, 15) is 18.0 Å². The lowest BCUT2D eigenvalue weighted by molar-refractivity contribution is -0.153. The second kappa shape index (κ2) is 9.07. The summed E-state index contributed by atoms with van der Waals surface area (Å²) < 4.78 is 47.1. The number of alkyl halides is 3. The smallest absolute Gasteiger partial charge is 0.422 e. The first kappa shape index (κ1) is 22.5. The molecule has 7 nitrogen and oxygen atoms in total. The van der Waals surface area contributed by atoms with Gasteiger partial charge < -0.3 is 14.4 Å². The van der Waals surface area contributed by atoms with Crippen LogP contribution in [0.4, 0.5) is 13.2 Å². The molecule has 0 aliphatic carbocycles. The minimum atomic E-state index is -4.48. The lowest BCUT2D eigenvalue weighted by atomic mass is 10.0.